The third kappa shape index (κ3) is 5.95. The number of carbonyl (C=O) groups excluding carboxylic acids is 1. The van der Waals surface area contributed by atoms with Gasteiger partial charge in [-0.05, 0) is 44.2 Å². The zero-order valence-electron chi connectivity index (χ0n) is 19.3. The van der Waals surface area contributed by atoms with E-state index >= 15 is 0 Å². The van der Waals surface area contributed by atoms with Gasteiger partial charge in [0.15, 0.2) is 5.96 Å². The molecule has 7 nitrogen and oxygen atoms in total. The third-order valence-corrected chi connectivity index (χ3v) is 6.50. The summed E-state index contributed by atoms with van der Waals surface area (Å²) in [7, 11) is 0. The molecular formula is C24H37IN6O. The lowest BCUT2D eigenvalue weighted by atomic mass is 10.2. The minimum absolute atomic E-state index is 0. The predicted octanol–water partition coefficient (Wildman–Crippen LogP) is 2.92. The van der Waals surface area contributed by atoms with Crippen LogP contribution in [-0.2, 0) is 11.2 Å². The molecule has 4 rings (SSSR count). The minimum atomic E-state index is -0.0261. The van der Waals surface area contributed by atoms with Crippen molar-refractivity contribution in [3.05, 3.63) is 36.0 Å². The maximum atomic E-state index is 12.7. The van der Waals surface area contributed by atoms with Crippen molar-refractivity contribution >= 4 is 46.7 Å². The molecule has 2 N–H and O–H groups in total. The molecule has 2 aromatic rings. The highest BCUT2D eigenvalue weighted by Crippen LogP contribution is 2.16. The van der Waals surface area contributed by atoms with Crippen molar-refractivity contribution in [3.8, 4) is 0 Å². The third-order valence-electron chi connectivity index (χ3n) is 6.50. The highest BCUT2D eigenvalue weighted by Gasteiger charge is 2.30. The van der Waals surface area contributed by atoms with Gasteiger partial charge in [0, 0.05) is 70.0 Å². The number of H-pyrrole nitrogens is 1. The number of nitrogens with one attached hydrogen (secondary N) is 2. The van der Waals surface area contributed by atoms with E-state index in [9.17, 15) is 4.79 Å². The molecule has 1 atom stereocenters. The molecule has 0 spiro atoms. The first kappa shape index (κ1) is 24.8. The first-order chi connectivity index (χ1) is 15.2. The summed E-state index contributed by atoms with van der Waals surface area (Å²) in [6, 6.07) is 10.6. The zero-order chi connectivity index (χ0) is 21.6. The summed E-state index contributed by atoms with van der Waals surface area (Å²) in [5.41, 5.74) is 2.40. The van der Waals surface area contributed by atoms with Crippen LogP contribution < -0.4 is 5.32 Å². The lowest BCUT2D eigenvalue weighted by Crippen LogP contribution is -2.57. The number of rotatable bonds is 6. The van der Waals surface area contributed by atoms with E-state index in [1.807, 2.05) is 4.90 Å². The van der Waals surface area contributed by atoms with E-state index in [1.165, 1.54) is 16.6 Å². The van der Waals surface area contributed by atoms with Gasteiger partial charge in [0.25, 0.3) is 0 Å². The Morgan fingerprint density at radius 1 is 1.09 bits per heavy atom. The van der Waals surface area contributed by atoms with E-state index in [0.717, 1.165) is 77.6 Å². The van der Waals surface area contributed by atoms with Crippen molar-refractivity contribution in [1.82, 2.24) is 25.0 Å². The Morgan fingerprint density at radius 3 is 2.50 bits per heavy atom. The number of para-hydroxylation sites is 1. The molecule has 1 unspecified atom stereocenters. The zero-order valence-corrected chi connectivity index (χ0v) is 21.7. The van der Waals surface area contributed by atoms with Crippen LogP contribution in [0.2, 0.25) is 0 Å². The number of nitrogens with zero attached hydrogens (tertiary/aromatic N) is 4. The van der Waals surface area contributed by atoms with Gasteiger partial charge >= 0.3 is 0 Å². The van der Waals surface area contributed by atoms with Crippen molar-refractivity contribution in [3.63, 3.8) is 0 Å². The number of likely N-dealkylation sites (tertiary alicyclic amines) is 1. The van der Waals surface area contributed by atoms with Crippen LogP contribution in [0.4, 0.5) is 0 Å². The van der Waals surface area contributed by atoms with Crippen LogP contribution in [0.25, 0.3) is 10.9 Å². The molecule has 0 aliphatic carbocycles. The molecule has 2 saturated heterocycles. The van der Waals surface area contributed by atoms with Gasteiger partial charge in [-0.3, -0.25) is 14.7 Å². The topological polar surface area (TPSA) is 67.0 Å². The minimum Gasteiger partial charge on any atom is -0.358 e. The number of halogens is 1. The first-order valence-corrected chi connectivity index (χ1v) is 11.8. The molecule has 1 amide bonds. The molecule has 8 heteroatoms. The molecule has 2 fully saturated rings. The van der Waals surface area contributed by atoms with Gasteiger partial charge in [-0.25, -0.2) is 0 Å². The predicted molar refractivity (Wildman–Crippen MR) is 142 cm³/mol. The van der Waals surface area contributed by atoms with Crippen LogP contribution in [0, 0.1) is 0 Å². The fraction of sp³-hybridized carbons (Fsp3) is 0.583. The lowest BCUT2D eigenvalue weighted by Gasteiger charge is -2.39. The molecule has 176 valence electrons. The molecule has 1 aromatic carbocycles. The fourth-order valence-electron chi connectivity index (χ4n) is 4.66. The summed E-state index contributed by atoms with van der Waals surface area (Å²) in [4.78, 5) is 27.8. The number of carbonyl (C=O) groups is 1. The van der Waals surface area contributed by atoms with Gasteiger partial charge in [-0.1, -0.05) is 18.2 Å². The quantitative estimate of drug-likeness (QED) is 0.329. The summed E-state index contributed by atoms with van der Waals surface area (Å²) < 4.78 is 0. The number of guanidine groups is 1. The second-order valence-corrected chi connectivity index (χ2v) is 8.60. The van der Waals surface area contributed by atoms with Gasteiger partial charge in [0.05, 0.1) is 6.04 Å². The number of hydrogen-bond acceptors (Lipinski definition) is 3. The number of amides is 1. The normalized spacial score (nSPS) is 18.6. The highest BCUT2D eigenvalue weighted by molar-refractivity contribution is 14.0. The Labute approximate surface area is 208 Å². The number of aromatic amines is 1. The van der Waals surface area contributed by atoms with E-state index in [2.05, 4.69) is 64.3 Å². The van der Waals surface area contributed by atoms with Crippen LogP contribution in [0.15, 0.2) is 35.3 Å². The van der Waals surface area contributed by atoms with Crippen molar-refractivity contribution in [2.45, 2.75) is 39.2 Å². The summed E-state index contributed by atoms with van der Waals surface area (Å²) in [6.45, 7) is 11.2. The van der Waals surface area contributed by atoms with Crippen LogP contribution in [0.1, 0.15) is 32.4 Å². The van der Waals surface area contributed by atoms with E-state index in [0.29, 0.717) is 5.91 Å². The maximum Gasteiger partial charge on any atom is 0.239 e. The van der Waals surface area contributed by atoms with Crippen molar-refractivity contribution < 1.29 is 4.79 Å². The van der Waals surface area contributed by atoms with Crippen molar-refractivity contribution in [2.24, 2.45) is 4.99 Å². The summed E-state index contributed by atoms with van der Waals surface area (Å²) >= 11 is 0. The Bertz CT molecular complexity index is 866. The summed E-state index contributed by atoms with van der Waals surface area (Å²) in [6.07, 6.45) is 3.19. The van der Waals surface area contributed by atoms with E-state index in [4.69, 9.17) is 4.99 Å². The van der Waals surface area contributed by atoms with Gasteiger partial charge in [0.2, 0.25) is 5.91 Å². The lowest BCUT2D eigenvalue weighted by molar-refractivity contribution is -0.135. The number of fused-ring (bicyclic) bond motifs is 1. The molecule has 2 aliphatic rings. The Kier molecular flexibility index (Phi) is 9.22. The molecule has 2 aliphatic heterocycles. The molecular weight excluding hydrogens is 515 g/mol. The summed E-state index contributed by atoms with van der Waals surface area (Å²) in [5.74, 6) is 1.28. The van der Waals surface area contributed by atoms with Gasteiger partial charge in [-0.15, -0.1) is 24.0 Å². The number of piperazine rings is 1. The molecule has 3 heterocycles. The first-order valence-electron chi connectivity index (χ1n) is 11.8. The second-order valence-electron chi connectivity index (χ2n) is 8.60. The molecule has 1 aromatic heterocycles. The smallest absolute Gasteiger partial charge is 0.239 e. The largest absolute Gasteiger partial charge is 0.358 e. The monoisotopic (exact) mass is 552 g/mol. The van der Waals surface area contributed by atoms with Gasteiger partial charge in [0.1, 0.15) is 0 Å². The standard InChI is InChI=1S/C24H36N6O.HI/c1-3-25-24(26-11-10-21-18-20-8-4-5-9-22(20)27-21)30-16-14-28(15-17-30)19(2)23(31)29-12-6-7-13-29;/h4-5,8-9,18-19,27H,3,6-7,10-17H2,1-2H3,(H,25,26);1H. The Hall–Kier alpha value is -1.81. The van der Waals surface area contributed by atoms with Crippen LogP contribution in [0.5, 0.6) is 0 Å². The molecule has 32 heavy (non-hydrogen) atoms. The Balaban J connectivity index is 0.00000289. The van der Waals surface area contributed by atoms with Crippen molar-refractivity contribution in [2.75, 3.05) is 52.4 Å². The number of aromatic nitrogens is 1. The average Bonchev–Trinajstić information content (AvgIpc) is 3.47. The van der Waals surface area contributed by atoms with Crippen molar-refractivity contribution in [1.29, 1.82) is 0 Å². The molecule has 0 radical (unpaired) electrons. The SMILES string of the molecule is CCNC(=NCCc1cc2ccccc2[nH]1)N1CCN(C(C)C(=O)N2CCCC2)CC1.I. The van der Waals surface area contributed by atoms with E-state index < -0.39 is 0 Å². The maximum absolute atomic E-state index is 12.7. The average molecular weight is 553 g/mol. The number of hydrogen-bond donors (Lipinski definition) is 2. The Morgan fingerprint density at radius 2 is 1.81 bits per heavy atom. The fourth-order valence-corrected chi connectivity index (χ4v) is 4.66. The van der Waals surface area contributed by atoms with E-state index in [1.54, 1.807) is 0 Å². The van der Waals surface area contributed by atoms with Crippen LogP contribution >= 0.6 is 24.0 Å². The second kappa shape index (κ2) is 11.9. The van der Waals surface area contributed by atoms with Gasteiger partial charge < -0.3 is 20.1 Å². The van der Waals surface area contributed by atoms with E-state index in [-0.39, 0.29) is 30.0 Å². The van der Waals surface area contributed by atoms with Crippen LogP contribution in [-0.4, -0.2) is 90.0 Å². The van der Waals surface area contributed by atoms with Crippen LogP contribution in [0.3, 0.4) is 0 Å². The number of aliphatic imine (C=N–C) groups is 1. The highest BCUT2D eigenvalue weighted by atomic mass is 127. The summed E-state index contributed by atoms with van der Waals surface area (Å²) in [5, 5.41) is 4.70. The molecule has 0 saturated carbocycles. The number of benzene rings is 1. The molecule has 0 bridgehead atoms. The van der Waals surface area contributed by atoms with Gasteiger partial charge in [-0.2, -0.15) is 0 Å².